The number of methoxy groups -OCH3 is 1. The molecule has 33 heavy (non-hydrogen) atoms. The molecule has 0 atom stereocenters. The van der Waals surface area contributed by atoms with Crippen molar-refractivity contribution in [2.75, 3.05) is 46.4 Å². The zero-order valence-corrected chi connectivity index (χ0v) is 20.3. The van der Waals surface area contributed by atoms with E-state index in [2.05, 4.69) is 29.2 Å². The predicted molar refractivity (Wildman–Crippen MR) is 128 cm³/mol. The van der Waals surface area contributed by atoms with Crippen LogP contribution in [0.25, 0.3) is 0 Å². The van der Waals surface area contributed by atoms with E-state index >= 15 is 0 Å². The van der Waals surface area contributed by atoms with Crippen LogP contribution >= 0.6 is 0 Å². The Morgan fingerprint density at radius 1 is 0.970 bits per heavy atom. The van der Waals surface area contributed by atoms with Gasteiger partial charge in [-0.25, -0.2) is 8.42 Å². The average molecular weight is 472 g/mol. The molecule has 2 heterocycles. The van der Waals surface area contributed by atoms with Crippen molar-refractivity contribution in [3.63, 3.8) is 0 Å². The number of piperazine rings is 1. The first-order chi connectivity index (χ1) is 15.9. The van der Waals surface area contributed by atoms with Crippen LogP contribution < -0.4 is 4.74 Å². The lowest BCUT2D eigenvalue weighted by molar-refractivity contribution is -0.138. The van der Waals surface area contributed by atoms with Gasteiger partial charge in [0.2, 0.25) is 15.9 Å². The van der Waals surface area contributed by atoms with Crippen molar-refractivity contribution in [3.05, 3.63) is 59.7 Å². The van der Waals surface area contributed by atoms with Gasteiger partial charge in [-0.1, -0.05) is 36.4 Å². The summed E-state index contributed by atoms with van der Waals surface area (Å²) in [5.41, 5.74) is 2.15. The lowest BCUT2D eigenvalue weighted by Gasteiger charge is -2.38. The maximum absolute atomic E-state index is 13.2. The van der Waals surface area contributed by atoms with Crippen LogP contribution in [0.1, 0.15) is 24.0 Å². The maximum Gasteiger partial charge on any atom is 0.246 e. The van der Waals surface area contributed by atoms with Crippen LogP contribution in [-0.4, -0.2) is 74.8 Å². The lowest BCUT2D eigenvalue weighted by atomic mass is 9.96. The van der Waals surface area contributed by atoms with Gasteiger partial charge in [0.15, 0.2) is 0 Å². The van der Waals surface area contributed by atoms with Crippen molar-refractivity contribution < 1.29 is 17.9 Å². The van der Waals surface area contributed by atoms with Crippen LogP contribution in [0.5, 0.6) is 5.75 Å². The van der Waals surface area contributed by atoms with Crippen molar-refractivity contribution in [3.8, 4) is 5.75 Å². The van der Waals surface area contributed by atoms with E-state index in [4.69, 9.17) is 4.74 Å². The Balaban J connectivity index is 1.31. The van der Waals surface area contributed by atoms with Crippen LogP contribution in [0.15, 0.2) is 53.4 Å². The van der Waals surface area contributed by atoms with Gasteiger partial charge in [0.25, 0.3) is 0 Å². The molecule has 8 heteroatoms. The van der Waals surface area contributed by atoms with Crippen molar-refractivity contribution in [2.24, 2.45) is 5.92 Å². The highest BCUT2D eigenvalue weighted by atomic mass is 32.2. The third-order valence-electron chi connectivity index (χ3n) is 6.67. The molecule has 0 radical (unpaired) electrons. The summed E-state index contributed by atoms with van der Waals surface area (Å²) >= 11 is 0. The molecule has 2 fully saturated rings. The summed E-state index contributed by atoms with van der Waals surface area (Å²) in [5, 5.41) is 0. The number of rotatable bonds is 6. The molecule has 0 N–H and O–H groups in total. The van der Waals surface area contributed by atoms with Gasteiger partial charge in [-0.3, -0.25) is 9.69 Å². The molecule has 0 aromatic heterocycles. The quantitative estimate of drug-likeness (QED) is 0.648. The van der Waals surface area contributed by atoms with E-state index in [9.17, 15) is 13.2 Å². The Bertz CT molecular complexity index is 1060. The zero-order chi connectivity index (χ0) is 23.4. The SMILES string of the molecule is COc1ccc(C)cc1S(=O)(=O)N1CCC(C(=O)N2CCN(Cc3ccccc3)CC2)CC1. The largest absolute Gasteiger partial charge is 0.495 e. The minimum Gasteiger partial charge on any atom is -0.495 e. The highest BCUT2D eigenvalue weighted by molar-refractivity contribution is 7.89. The normalized spacial score (nSPS) is 18.9. The van der Waals surface area contributed by atoms with Crippen molar-refractivity contribution in [1.29, 1.82) is 0 Å². The molecule has 4 rings (SSSR count). The minimum atomic E-state index is -3.66. The fraction of sp³-hybridized carbons (Fsp3) is 0.480. The first-order valence-electron chi connectivity index (χ1n) is 11.6. The second-order valence-electron chi connectivity index (χ2n) is 8.92. The molecule has 178 valence electrons. The summed E-state index contributed by atoms with van der Waals surface area (Å²) in [7, 11) is -2.18. The summed E-state index contributed by atoms with van der Waals surface area (Å²) in [4.78, 5) is 17.6. The molecule has 2 aliphatic heterocycles. The molecular weight excluding hydrogens is 438 g/mol. The van der Waals surface area contributed by atoms with Gasteiger partial charge < -0.3 is 9.64 Å². The average Bonchev–Trinajstić information content (AvgIpc) is 2.85. The van der Waals surface area contributed by atoms with Gasteiger partial charge in [0, 0.05) is 51.7 Å². The second-order valence-corrected chi connectivity index (χ2v) is 10.8. The van der Waals surface area contributed by atoms with Gasteiger partial charge in [-0.15, -0.1) is 0 Å². The van der Waals surface area contributed by atoms with Crippen molar-refractivity contribution in [1.82, 2.24) is 14.1 Å². The number of carbonyl (C=O) groups excluding carboxylic acids is 1. The predicted octanol–water partition coefficient (Wildman–Crippen LogP) is 2.75. The summed E-state index contributed by atoms with van der Waals surface area (Å²) in [6.45, 7) is 6.65. The number of hydrogen-bond acceptors (Lipinski definition) is 5. The van der Waals surface area contributed by atoms with E-state index in [-0.39, 0.29) is 16.7 Å². The highest BCUT2D eigenvalue weighted by Gasteiger charge is 2.35. The van der Waals surface area contributed by atoms with Gasteiger partial charge in [-0.2, -0.15) is 4.31 Å². The number of benzene rings is 2. The number of nitrogens with zero attached hydrogens (tertiary/aromatic N) is 3. The monoisotopic (exact) mass is 471 g/mol. The summed E-state index contributed by atoms with van der Waals surface area (Å²) < 4.78 is 33.2. The van der Waals surface area contributed by atoms with E-state index < -0.39 is 10.0 Å². The van der Waals surface area contributed by atoms with Gasteiger partial charge >= 0.3 is 0 Å². The molecule has 0 unspecified atom stereocenters. The van der Waals surface area contributed by atoms with Crippen LogP contribution in [0.2, 0.25) is 0 Å². The Morgan fingerprint density at radius 3 is 2.27 bits per heavy atom. The Hall–Kier alpha value is -2.42. The molecule has 2 aromatic carbocycles. The van der Waals surface area contributed by atoms with E-state index in [1.165, 1.54) is 17.0 Å². The van der Waals surface area contributed by atoms with Crippen LogP contribution in [0.4, 0.5) is 0 Å². The first-order valence-corrected chi connectivity index (χ1v) is 13.0. The smallest absolute Gasteiger partial charge is 0.246 e. The molecule has 0 spiro atoms. The van der Waals surface area contributed by atoms with Gasteiger partial charge in [-0.05, 0) is 43.0 Å². The van der Waals surface area contributed by atoms with Crippen LogP contribution in [0.3, 0.4) is 0 Å². The highest BCUT2D eigenvalue weighted by Crippen LogP contribution is 2.31. The number of ether oxygens (including phenoxy) is 1. The topological polar surface area (TPSA) is 70.2 Å². The summed E-state index contributed by atoms with van der Waals surface area (Å²) in [6, 6.07) is 15.6. The molecule has 1 amide bonds. The molecule has 0 bridgehead atoms. The third-order valence-corrected chi connectivity index (χ3v) is 8.59. The molecule has 0 saturated carbocycles. The number of piperidine rings is 1. The third kappa shape index (κ3) is 5.39. The molecule has 2 saturated heterocycles. The molecule has 0 aliphatic carbocycles. The molecule has 7 nitrogen and oxygen atoms in total. The maximum atomic E-state index is 13.2. The number of hydrogen-bond donors (Lipinski definition) is 0. The Kier molecular flexibility index (Phi) is 7.36. The van der Waals surface area contributed by atoms with Crippen molar-refractivity contribution >= 4 is 15.9 Å². The van der Waals surface area contributed by atoms with Crippen molar-refractivity contribution in [2.45, 2.75) is 31.2 Å². The fourth-order valence-corrected chi connectivity index (χ4v) is 6.40. The van der Waals surface area contributed by atoms with E-state index in [1.807, 2.05) is 24.0 Å². The molecule has 2 aliphatic rings. The van der Waals surface area contributed by atoms with Gasteiger partial charge in [0.1, 0.15) is 10.6 Å². The second kappa shape index (κ2) is 10.2. The lowest BCUT2D eigenvalue weighted by Crippen LogP contribution is -2.51. The first kappa shape index (κ1) is 23.7. The zero-order valence-electron chi connectivity index (χ0n) is 19.4. The van der Waals surface area contributed by atoms with E-state index in [0.29, 0.717) is 31.7 Å². The Morgan fingerprint density at radius 2 is 1.64 bits per heavy atom. The van der Waals surface area contributed by atoms with E-state index in [0.717, 1.165) is 38.3 Å². The number of carbonyl (C=O) groups is 1. The Labute approximate surface area is 197 Å². The minimum absolute atomic E-state index is 0.114. The number of sulfonamides is 1. The van der Waals surface area contributed by atoms with Gasteiger partial charge in [0.05, 0.1) is 7.11 Å². The van der Waals surface area contributed by atoms with E-state index in [1.54, 1.807) is 12.1 Å². The fourth-order valence-electron chi connectivity index (χ4n) is 4.69. The van der Waals surface area contributed by atoms with Crippen LogP contribution in [-0.2, 0) is 21.4 Å². The summed E-state index contributed by atoms with van der Waals surface area (Å²) in [6.07, 6.45) is 1.10. The standard InChI is InChI=1S/C25H33N3O4S/c1-20-8-9-23(32-2)24(18-20)33(30,31)28-12-10-22(11-13-28)25(29)27-16-14-26(15-17-27)19-21-6-4-3-5-7-21/h3-9,18,22H,10-17,19H2,1-2H3. The number of aryl methyl sites for hydroxylation is 1. The van der Waals surface area contributed by atoms with Crippen LogP contribution in [0, 0.1) is 12.8 Å². The molecular formula is C25H33N3O4S. The molecule has 2 aromatic rings. The number of amides is 1. The summed E-state index contributed by atoms with van der Waals surface area (Å²) in [5.74, 6) is 0.406.